The van der Waals surface area contributed by atoms with Gasteiger partial charge in [-0.05, 0) is 44.9 Å². The van der Waals surface area contributed by atoms with E-state index < -0.39 is 35.6 Å². The zero-order chi connectivity index (χ0) is 19.4. The molecule has 9 heteroatoms. The number of alkyl halides is 3. The summed E-state index contributed by atoms with van der Waals surface area (Å²) in [5, 5.41) is 22.4. The van der Waals surface area contributed by atoms with Crippen LogP contribution in [0.5, 0.6) is 0 Å². The van der Waals surface area contributed by atoms with Crippen LogP contribution in [0.3, 0.4) is 0 Å². The average Bonchev–Trinajstić information content (AvgIpc) is 2.43. The van der Waals surface area contributed by atoms with Crippen molar-refractivity contribution >= 4 is 22.0 Å². The summed E-state index contributed by atoms with van der Waals surface area (Å²) in [6.45, 7) is 5.07. The van der Waals surface area contributed by atoms with Crippen LogP contribution in [0, 0.1) is 0 Å². The molecule has 25 heavy (non-hydrogen) atoms. The van der Waals surface area contributed by atoms with Crippen molar-refractivity contribution in [3.8, 4) is 0 Å². The lowest BCUT2D eigenvalue weighted by atomic mass is 10.00. The van der Waals surface area contributed by atoms with Crippen LogP contribution >= 0.6 is 15.9 Å². The maximum absolute atomic E-state index is 12.9. The predicted octanol–water partition coefficient (Wildman–Crippen LogP) is 3.78. The van der Waals surface area contributed by atoms with E-state index in [0.29, 0.717) is 0 Å². The second kappa shape index (κ2) is 8.37. The number of hydrogen-bond donors (Lipinski definition) is 3. The molecular formula is C16H21BrF3NO4. The van der Waals surface area contributed by atoms with Gasteiger partial charge in [0.05, 0.1) is 11.7 Å². The number of ether oxygens (including phenoxy) is 1. The highest BCUT2D eigenvalue weighted by molar-refractivity contribution is 9.10. The highest BCUT2D eigenvalue weighted by Crippen LogP contribution is 2.36. The summed E-state index contributed by atoms with van der Waals surface area (Å²) in [6, 6.07) is 3.22. The van der Waals surface area contributed by atoms with E-state index in [1.54, 1.807) is 20.8 Å². The molecule has 0 aromatic heterocycles. The number of aliphatic hydroxyl groups excluding tert-OH is 2. The number of benzene rings is 1. The van der Waals surface area contributed by atoms with Crippen molar-refractivity contribution in [2.24, 2.45) is 0 Å². The van der Waals surface area contributed by atoms with Crippen molar-refractivity contribution in [1.29, 1.82) is 0 Å². The minimum absolute atomic E-state index is 0.00417. The molecule has 5 nitrogen and oxygen atoms in total. The van der Waals surface area contributed by atoms with Gasteiger partial charge in [-0.3, -0.25) is 0 Å². The van der Waals surface area contributed by atoms with E-state index in [1.807, 2.05) is 0 Å². The molecule has 1 rings (SSSR count). The molecule has 0 heterocycles. The van der Waals surface area contributed by atoms with Crippen LogP contribution in [0.15, 0.2) is 22.7 Å². The van der Waals surface area contributed by atoms with Gasteiger partial charge in [0.2, 0.25) is 0 Å². The molecule has 1 aromatic rings. The zero-order valence-corrected chi connectivity index (χ0v) is 15.6. The number of amides is 1. The largest absolute Gasteiger partial charge is 0.444 e. The maximum atomic E-state index is 12.9. The second-order valence-electron chi connectivity index (χ2n) is 6.47. The quantitative estimate of drug-likeness (QED) is 0.667. The smallest absolute Gasteiger partial charge is 0.417 e. The van der Waals surface area contributed by atoms with E-state index in [-0.39, 0.29) is 23.0 Å². The molecule has 142 valence electrons. The summed E-state index contributed by atoms with van der Waals surface area (Å²) >= 11 is 2.81. The Morgan fingerprint density at radius 2 is 1.88 bits per heavy atom. The molecular weight excluding hydrogens is 407 g/mol. The summed E-state index contributed by atoms with van der Waals surface area (Å²) < 4.78 is 43.5. The van der Waals surface area contributed by atoms with Crippen molar-refractivity contribution < 1.29 is 32.9 Å². The Kier molecular flexibility index (Phi) is 7.28. The van der Waals surface area contributed by atoms with Crippen LogP contribution < -0.4 is 5.32 Å². The Balaban J connectivity index is 2.65. The molecule has 1 aromatic carbocycles. The first-order valence-electron chi connectivity index (χ1n) is 7.51. The van der Waals surface area contributed by atoms with Crippen molar-refractivity contribution in [3.05, 3.63) is 33.8 Å². The van der Waals surface area contributed by atoms with Gasteiger partial charge in [-0.15, -0.1) is 0 Å². The van der Waals surface area contributed by atoms with Gasteiger partial charge < -0.3 is 20.3 Å². The van der Waals surface area contributed by atoms with Gasteiger partial charge in [0, 0.05) is 11.0 Å². The summed E-state index contributed by atoms with van der Waals surface area (Å²) in [5.41, 5.74) is -1.68. The first-order valence-corrected chi connectivity index (χ1v) is 8.30. The number of halogens is 4. The van der Waals surface area contributed by atoms with Crippen LogP contribution in [-0.4, -0.2) is 34.6 Å². The van der Waals surface area contributed by atoms with Gasteiger partial charge in [-0.1, -0.05) is 22.0 Å². The molecule has 3 N–H and O–H groups in total. The first kappa shape index (κ1) is 21.7. The third-order valence-corrected chi connectivity index (χ3v) is 3.80. The van der Waals surface area contributed by atoms with Crippen LogP contribution in [0.1, 0.15) is 44.4 Å². The average molecular weight is 428 g/mol. The topological polar surface area (TPSA) is 78.8 Å². The summed E-state index contributed by atoms with van der Waals surface area (Å²) in [7, 11) is 0. The standard InChI is InChI=1S/C16H21BrF3NO4/c1-15(2,3)25-14(24)21-7-6-12(22)13(23)9-4-5-11(17)10(8-9)16(18,19)20/h4-5,8,12-13,22-23H,6-7H2,1-3H3,(H,21,24). The number of carbonyl (C=O) groups is 1. The number of carbonyl (C=O) groups excluding carboxylic acids is 1. The lowest BCUT2D eigenvalue weighted by Crippen LogP contribution is -2.34. The molecule has 1 amide bonds. The molecule has 0 spiro atoms. The molecule has 0 radical (unpaired) electrons. The molecule has 0 bridgehead atoms. The third kappa shape index (κ3) is 7.21. The van der Waals surface area contributed by atoms with E-state index in [2.05, 4.69) is 21.2 Å². The van der Waals surface area contributed by atoms with Crippen molar-refractivity contribution in [2.45, 2.75) is 51.2 Å². The Morgan fingerprint density at radius 1 is 1.28 bits per heavy atom. The maximum Gasteiger partial charge on any atom is 0.417 e. The number of aliphatic hydroxyl groups is 2. The first-order chi connectivity index (χ1) is 11.3. The fraction of sp³-hybridized carbons (Fsp3) is 0.562. The van der Waals surface area contributed by atoms with E-state index >= 15 is 0 Å². The van der Waals surface area contributed by atoms with Crippen LogP contribution in [0.2, 0.25) is 0 Å². The molecule has 0 aliphatic carbocycles. The van der Waals surface area contributed by atoms with Gasteiger partial charge in [-0.2, -0.15) is 13.2 Å². The summed E-state index contributed by atoms with van der Waals surface area (Å²) in [5.74, 6) is 0. The van der Waals surface area contributed by atoms with Gasteiger partial charge in [0.15, 0.2) is 0 Å². The molecule has 0 aliphatic heterocycles. The number of nitrogens with one attached hydrogen (secondary N) is 1. The highest BCUT2D eigenvalue weighted by atomic mass is 79.9. The van der Waals surface area contributed by atoms with E-state index in [9.17, 15) is 28.2 Å². The van der Waals surface area contributed by atoms with Gasteiger partial charge in [0.1, 0.15) is 11.7 Å². The minimum Gasteiger partial charge on any atom is -0.444 e. The van der Waals surface area contributed by atoms with Gasteiger partial charge >= 0.3 is 12.3 Å². The fourth-order valence-electron chi connectivity index (χ4n) is 1.96. The molecule has 2 atom stereocenters. The zero-order valence-electron chi connectivity index (χ0n) is 14.0. The lowest BCUT2D eigenvalue weighted by Gasteiger charge is -2.22. The van der Waals surface area contributed by atoms with Crippen molar-refractivity contribution in [2.75, 3.05) is 6.54 Å². The highest BCUT2D eigenvalue weighted by Gasteiger charge is 2.34. The second-order valence-corrected chi connectivity index (χ2v) is 7.32. The van der Waals surface area contributed by atoms with E-state index in [4.69, 9.17) is 4.74 Å². The van der Waals surface area contributed by atoms with Gasteiger partial charge in [0.25, 0.3) is 0 Å². The molecule has 0 fully saturated rings. The monoisotopic (exact) mass is 427 g/mol. The van der Waals surface area contributed by atoms with Crippen molar-refractivity contribution in [1.82, 2.24) is 5.32 Å². The summed E-state index contributed by atoms with van der Waals surface area (Å²) in [6.07, 6.45) is -8.20. The Labute approximate surface area is 152 Å². The van der Waals surface area contributed by atoms with Crippen molar-refractivity contribution in [3.63, 3.8) is 0 Å². The van der Waals surface area contributed by atoms with E-state index in [0.717, 1.165) is 12.1 Å². The SMILES string of the molecule is CC(C)(C)OC(=O)NCCC(O)C(O)c1ccc(Br)c(C(F)(F)F)c1. The Morgan fingerprint density at radius 3 is 2.40 bits per heavy atom. The number of hydrogen-bond acceptors (Lipinski definition) is 4. The molecule has 0 saturated heterocycles. The fourth-order valence-corrected chi connectivity index (χ4v) is 2.43. The van der Waals surface area contributed by atoms with E-state index in [1.165, 1.54) is 6.07 Å². The molecule has 0 aliphatic rings. The normalized spacial score (nSPS) is 14.8. The Bertz CT molecular complexity index is 602. The predicted molar refractivity (Wildman–Crippen MR) is 89.0 cm³/mol. The number of alkyl carbamates (subject to hydrolysis) is 1. The van der Waals surface area contributed by atoms with Crippen LogP contribution in [0.4, 0.5) is 18.0 Å². The van der Waals surface area contributed by atoms with Crippen LogP contribution in [-0.2, 0) is 10.9 Å². The summed E-state index contributed by atoms with van der Waals surface area (Å²) in [4.78, 5) is 11.5. The molecule has 0 saturated carbocycles. The van der Waals surface area contributed by atoms with Gasteiger partial charge in [-0.25, -0.2) is 4.79 Å². The Hall–Kier alpha value is -1.32. The third-order valence-electron chi connectivity index (χ3n) is 3.11. The molecule has 2 unspecified atom stereocenters. The lowest BCUT2D eigenvalue weighted by molar-refractivity contribution is -0.138. The minimum atomic E-state index is -4.59. The number of rotatable bonds is 5. The van der Waals surface area contributed by atoms with Crippen LogP contribution in [0.25, 0.3) is 0 Å².